The SMILES string of the molecule is CNC(=O)c1cccc(CCC(=O)NC(C)C(=O)O)c1. The fraction of sp³-hybridized carbons (Fsp3) is 0.357. The first kappa shape index (κ1) is 15.7. The quantitative estimate of drug-likeness (QED) is 0.709. The smallest absolute Gasteiger partial charge is 0.325 e. The monoisotopic (exact) mass is 278 g/mol. The fourth-order valence-electron chi connectivity index (χ4n) is 1.65. The topological polar surface area (TPSA) is 95.5 Å². The number of carboxylic acids is 1. The molecule has 1 atom stereocenters. The predicted molar refractivity (Wildman–Crippen MR) is 73.4 cm³/mol. The van der Waals surface area contributed by atoms with Crippen molar-refractivity contribution >= 4 is 17.8 Å². The second-order valence-corrected chi connectivity index (χ2v) is 4.41. The van der Waals surface area contributed by atoms with Gasteiger partial charge >= 0.3 is 5.97 Å². The molecule has 3 N–H and O–H groups in total. The minimum absolute atomic E-state index is 0.175. The molecule has 1 rings (SSSR count). The summed E-state index contributed by atoms with van der Waals surface area (Å²) in [7, 11) is 1.55. The summed E-state index contributed by atoms with van der Waals surface area (Å²) in [6, 6.07) is 6.07. The molecule has 6 heteroatoms. The fourth-order valence-corrected chi connectivity index (χ4v) is 1.65. The third-order valence-corrected chi connectivity index (χ3v) is 2.80. The molecule has 0 aliphatic rings. The molecule has 6 nitrogen and oxygen atoms in total. The van der Waals surface area contributed by atoms with Crippen molar-refractivity contribution in [3.63, 3.8) is 0 Å². The van der Waals surface area contributed by atoms with Gasteiger partial charge in [0.15, 0.2) is 0 Å². The Balaban J connectivity index is 2.55. The van der Waals surface area contributed by atoms with Crippen LogP contribution < -0.4 is 10.6 Å². The Morgan fingerprint density at radius 2 is 2.00 bits per heavy atom. The molecule has 0 saturated heterocycles. The maximum atomic E-state index is 11.6. The van der Waals surface area contributed by atoms with E-state index in [0.29, 0.717) is 12.0 Å². The van der Waals surface area contributed by atoms with Crippen LogP contribution in [0.15, 0.2) is 24.3 Å². The number of amides is 2. The lowest BCUT2D eigenvalue weighted by Crippen LogP contribution is -2.38. The average Bonchev–Trinajstić information content (AvgIpc) is 2.44. The molecule has 0 aromatic heterocycles. The number of carbonyl (C=O) groups excluding carboxylic acids is 2. The van der Waals surface area contributed by atoms with Gasteiger partial charge in [-0.3, -0.25) is 14.4 Å². The van der Waals surface area contributed by atoms with Gasteiger partial charge in [-0.2, -0.15) is 0 Å². The van der Waals surface area contributed by atoms with E-state index >= 15 is 0 Å². The van der Waals surface area contributed by atoms with Gasteiger partial charge in [0.1, 0.15) is 6.04 Å². The molecule has 0 bridgehead atoms. The maximum Gasteiger partial charge on any atom is 0.325 e. The van der Waals surface area contributed by atoms with E-state index in [4.69, 9.17) is 5.11 Å². The van der Waals surface area contributed by atoms with E-state index in [1.807, 2.05) is 6.07 Å². The Bertz CT molecular complexity index is 514. The molecule has 1 aromatic rings. The standard InChI is InChI=1S/C14H18N2O4/c1-9(14(19)20)16-12(17)7-6-10-4-3-5-11(8-10)13(18)15-2/h3-5,8-9H,6-7H2,1-2H3,(H,15,18)(H,16,17)(H,19,20). The molecular weight excluding hydrogens is 260 g/mol. The van der Waals surface area contributed by atoms with Gasteiger partial charge in [0.25, 0.3) is 5.91 Å². The van der Waals surface area contributed by atoms with Crippen LogP contribution in [-0.4, -0.2) is 36.0 Å². The van der Waals surface area contributed by atoms with Gasteiger partial charge in [0.2, 0.25) is 5.91 Å². The van der Waals surface area contributed by atoms with Crippen LogP contribution in [-0.2, 0) is 16.0 Å². The molecule has 1 aromatic carbocycles. The van der Waals surface area contributed by atoms with Crippen LogP contribution in [0, 0.1) is 0 Å². The summed E-state index contributed by atoms with van der Waals surface area (Å²) in [4.78, 5) is 33.6. The largest absolute Gasteiger partial charge is 0.480 e. The van der Waals surface area contributed by atoms with E-state index < -0.39 is 12.0 Å². The summed E-state index contributed by atoms with van der Waals surface area (Å²) >= 11 is 0. The van der Waals surface area contributed by atoms with Crippen molar-refractivity contribution in [3.8, 4) is 0 Å². The van der Waals surface area contributed by atoms with Crippen molar-refractivity contribution < 1.29 is 19.5 Å². The van der Waals surface area contributed by atoms with E-state index in [0.717, 1.165) is 5.56 Å². The lowest BCUT2D eigenvalue weighted by Gasteiger charge is -2.09. The molecule has 0 heterocycles. The van der Waals surface area contributed by atoms with Crippen molar-refractivity contribution in [2.45, 2.75) is 25.8 Å². The van der Waals surface area contributed by atoms with E-state index in [1.54, 1.807) is 25.2 Å². The molecule has 1 unspecified atom stereocenters. The summed E-state index contributed by atoms with van der Waals surface area (Å²) < 4.78 is 0. The van der Waals surface area contributed by atoms with E-state index in [2.05, 4.69) is 10.6 Å². The van der Waals surface area contributed by atoms with Crippen LogP contribution in [0.5, 0.6) is 0 Å². The molecule has 0 aliphatic carbocycles. The van der Waals surface area contributed by atoms with Crippen LogP contribution in [0.25, 0.3) is 0 Å². The Morgan fingerprint density at radius 1 is 1.30 bits per heavy atom. The van der Waals surface area contributed by atoms with Gasteiger partial charge in [-0.25, -0.2) is 0 Å². The molecule has 0 saturated carbocycles. The van der Waals surface area contributed by atoms with Crippen LogP contribution >= 0.6 is 0 Å². The number of hydrogen-bond donors (Lipinski definition) is 3. The zero-order valence-corrected chi connectivity index (χ0v) is 11.5. The van der Waals surface area contributed by atoms with E-state index in [9.17, 15) is 14.4 Å². The normalized spacial score (nSPS) is 11.5. The minimum atomic E-state index is -1.07. The number of carbonyl (C=O) groups is 3. The zero-order chi connectivity index (χ0) is 15.1. The van der Waals surface area contributed by atoms with E-state index in [-0.39, 0.29) is 18.2 Å². The summed E-state index contributed by atoms with van der Waals surface area (Å²) in [5.74, 6) is -1.58. The first-order valence-electron chi connectivity index (χ1n) is 6.27. The number of benzene rings is 1. The van der Waals surface area contributed by atoms with Gasteiger partial charge in [-0.05, 0) is 31.0 Å². The van der Waals surface area contributed by atoms with Gasteiger partial charge < -0.3 is 15.7 Å². The Morgan fingerprint density at radius 3 is 2.60 bits per heavy atom. The molecule has 0 aliphatic heterocycles. The van der Waals surface area contributed by atoms with Gasteiger partial charge in [-0.1, -0.05) is 12.1 Å². The average molecular weight is 278 g/mol. The van der Waals surface area contributed by atoms with Gasteiger partial charge in [0, 0.05) is 19.0 Å². The molecule has 108 valence electrons. The number of rotatable bonds is 6. The first-order chi connectivity index (χ1) is 9.43. The van der Waals surface area contributed by atoms with Gasteiger partial charge in [0.05, 0.1) is 0 Å². The highest BCUT2D eigenvalue weighted by Gasteiger charge is 2.13. The van der Waals surface area contributed by atoms with Crippen molar-refractivity contribution in [2.24, 2.45) is 0 Å². The third-order valence-electron chi connectivity index (χ3n) is 2.80. The first-order valence-corrected chi connectivity index (χ1v) is 6.27. The highest BCUT2D eigenvalue weighted by Crippen LogP contribution is 2.07. The molecule has 20 heavy (non-hydrogen) atoms. The highest BCUT2D eigenvalue weighted by atomic mass is 16.4. The van der Waals surface area contributed by atoms with Crippen molar-refractivity contribution in [1.82, 2.24) is 10.6 Å². The second-order valence-electron chi connectivity index (χ2n) is 4.41. The van der Waals surface area contributed by atoms with Crippen molar-refractivity contribution in [3.05, 3.63) is 35.4 Å². The predicted octanol–water partition coefficient (Wildman–Crippen LogP) is 0.568. The summed E-state index contributed by atoms with van der Waals surface area (Å²) in [5, 5.41) is 13.6. The molecule has 2 amide bonds. The number of carboxylic acid groups (broad SMARTS) is 1. The Kier molecular flexibility index (Phi) is 5.71. The second kappa shape index (κ2) is 7.28. The van der Waals surface area contributed by atoms with Crippen LogP contribution in [0.3, 0.4) is 0 Å². The van der Waals surface area contributed by atoms with Crippen molar-refractivity contribution in [2.75, 3.05) is 7.05 Å². The molecule has 0 spiro atoms. The summed E-state index contributed by atoms with van der Waals surface area (Å²) in [6.07, 6.45) is 0.623. The van der Waals surface area contributed by atoms with Crippen molar-refractivity contribution in [1.29, 1.82) is 0 Å². The highest BCUT2D eigenvalue weighted by molar-refractivity contribution is 5.94. The van der Waals surface area contributed by atoms with Crippen LogP contribution in [0.2, 0.25) is 0 Å². The Labute approximate surface area is 117 Å². The number of aliphatic carboxylic acids is 1. The molecular formula is C14H18N2O4. The molecule has 0 radical (unpaired) electrons. The minimum Gasteiger partial charge on any atom is -0.480 e. The number of nitrogens with one attached hydrogen (secondary N) is 2. The van der Waals surface area contributed by atoms with Crippen LogP contribution in [0.1, 0.15) is 29.3 Å². The van der Waals surface area contributed by atoms with Crippen LogP contribution in [0.4, 0.5) is 0 Å². The maximum absolute atomic E-state index is 11.6. The summed E-state index contributed by atoms with van der Waals surface area (Å²) in [5.41, 5.74) is 1.38. The Hall–Kier alpha value is -2.37. The van der Waals surface area contributed by atoms with Gasteiger partial charge in [-0.15, -0.1) is 0 Å². The number of hydrogen-bond acceptors (Lipinski definition) is 3. The zero-order valence-electron chi connectivity index (χ0n) is 11.5. The molecule has 0 fully saturated rings. The number of aryl methyl sites for hydroxylation is 1. The van der Waals surface area contributed by atoms with E-state index in [1.165, 1.54) is 6.92 Å². The lowest BCUT2D eigenvalue weighted by atomic mass is 10.1. The third kappa shape index (κ3) is 4.72. The summed E-state index contributed by atoms with van der Waals surface area (Å²) in [6.45, 7) is 1.41. The lowest BCUT2D eigenvalue weighted by molar-refractivity contribution is -0.141.